The fourth-order valence-corrected chi connectivity index (χ4v) is 3.94. The molecule has 0 amide bonds. The topological polar surface area (TPSA) is 52.0 Å². The van der Waals surface area contributed by atoms with Crippen LogP contribution in [0.3, 0.4) is 0 Å². The first-order valence-electron chi connectivity index (χ1n) is 8.24. The minimum absolute atomic E-state index is 0.0320. The van der Waals surface area contributed by atoms with E-state index in [-0.39, 0.29) is 17.4 Å². The van der Waals surface area contributed by atoms with Crippen LogP contribution in [0.2, 0.25) is 0 Å². The van der Waals surface area contributed by atoms with Crippen LogP contribution in [0.4, 0.5) is 0 Å². The van der Waals surface area contributed by atoms with E-state index in [1.807, 2.05) is 42.0 Å². The summed E-state index contributed by atoms with van der Waals surface area (Å²) in [5.74, 6) is 0. The second-order valence-electron chi connectivity index (χ2n) is 7.24. The Hall–Kier alpha value is -2.14. The van der Waals surface area contributed by atoms with Crippen molar-refractivity contribution in [3.8, 4) is 0 Å². The highest BCUT2D eigenvalue weighted by atomic mass is 32.2. The quantitative estimate of drug-likeness (QED) is 0.404. The molecule has 0 spiro atoms. The predicted molar refractivity (Wildman–Crippen MR) is 105 cm³/mol. The summed E-state index contributed by atoms with van der Waals surface area (Å²) in [6, 6.07) is 7.56. The molecule has 0 radical (unpaired) electrons. The van der Waals surface area contributed by atoms with Gasteiger partial charge in [0.05, 0.1) is 17.4 Å². The molecule has 0 aliphatic rings. The monoisotopic (exact) mass is 354 g/mol. The zero-order chi connectivity index (χ0) is 18.4. The van der Waals surface area contributed by atoms with Gasteiger partial charge in [-0.05, 0) is 36.9 Å². The largest absolute Gasteiger partial charge is 0.317 e. The van der Waals surface area contributed by atoms with E-state index in [0.29, 0.717) is 16.4 Å². The van der Waals surface area contributed by atoms with Gasteiger partial charge in [0, 0.05) is 21.4 Å². The minimum Gasteiger partial charge on any atom is -0.317 e. The highest BCUT2D eigenvalue weighted by Crippen LogP contribution is 2.31. The lowest BCUT2D eigenvalue weighted by atomic mass is 9.91. The molecule has 0 unspecified atom stereocenters. The van der Waals surface area contributed by atoms with Gasteiger partial charge >= 0.3 is 0 Å². The summed E-state index contributed by atoms with van der Waals surface area (Å²) in [6.45, 7) is 8.45. The number of hydrogen-bond donors (Lipinski definition) is 0. The van der Waals surface area contributed by atoms with E-state index in [0.717, 1.165) is 28.0 Å². The summed E-state index contributed by atoms with van der Waals surface area (Å²) in [4.78, 5) is 30.2. The Labute approximate surface area is 151 Å². The van der Waals surface area contributed by atoms with Gasteiger partial charge < -0.3 is 9.36 Å². The molecule has 0 saturated carbocycles. The molecular formula is C20H22N2O2S. The van der Waals surface area contributed by atoms with Crippen molar-refractivity contribution < 1.29 is 4.79 Å². The molecule has 3 rings (SSSR count). The molecule has 0 aliphatic carbocycles. The van der Waals surface area contributed by atoms with E-state index in [4.69, 9.17) is 4.98 Å². The summed E-state index contributed by atoms with van der Waals surface area (Å²) < 4.78 is 1.88. The molecule has 5 heteroatoms. The van der Waals surface area contributed by atoms with Gasteiger partial charge in [-0.2, -0.15) is 0 Å². The molecule has 130 valence electrons. The Balaban J connectivity index is 2.59. The predicted octanol–water partition coefficient (Wildman–Crippen LogP) is 4.08. The van der Waals surface area contributed by atoms with Crippen LogP contribution < -0.4 is 5.43 Å². The standard InChI is InChI=1S/C20H22N2O2S/c1-12-6-7-13-16(18(12)25-5)22(10-11-23)19-14(17(13)24)8-9-15(21-19)20(2,3)4/h6-9,11H,10H2,1-5H3. The number of thioether (sulfide) groups is 1. The first-order chi connectivity index (χ1) is 11.8. The van der Waals surface area contributed by atoms with Gasteiger partial charge in [-0.25, -0.2) is 4.98 Å². The highest BCUT2D eigenvalue weighted by Gasteiger charge is 2.20. The van der Waals surface area contributed by atoms with E-state index >= 15 is 0 Å². The molecule has 0 saturated heterocycles. The molecule has 3 aromatic rings. The van der Waals surface area contributed by atoms with Crippen LogP contribution >= 0.6 is 11.8 Å². The smallest absolute Gasteiger partial charge is 0.198 e. The maximum Gasteiger partial charge on any atom is 0.198 e. The van der Waals surface area contributed by atoms with Crippen molar-refractivity contribution in [3.05, 3.63) is 45.7 Å². The molecule has 0 bridgehead atoms. The first kappa shape index (κ1) is 17.7. The van der Waals surface area contributed by atoms with Gasteiger partial charge in [0.25, 0.3) is 0 Å². The molecule has 4 nitrogen and oxygen atoms in total. The molecule has 1 aromatic carbocycles. The lowest BCUT2D eigenvalue weighted by molar-refractivity contribution is -0.108. The number of carbonyl (C=O) groups is 1. The summed E-state index contributed by atoms with van der Waals surface area (Å²) in [5, 5.41) is 1.19. The third kappa shape index (κ3) is 2.86. The van der Waals surface area contributed by atoms with Gasteiger partial charge in [0.2, 0.25) is 0 Å². The van der Waals surface area contributed by atoms with Gasteiger partial charge in [-0.1, -0.05) is 26.8 Å². The molecule has 25 heavy (non-hydrogen) atoms. The van der Waals surface area contributed by atoms with Crippen LogP contribution in [0.15, 0.2) is 34.0 Å². The summed E-state index contributed by atoms with van der Waals surface area (Å²) in [5.41, 5.74) is 3.20. The van der Waals surface area contributed by atoms with E-state index in [2.05, 4.69) is 20.8 Å². The number of rotatable bonds is 3. The number of aryl methyl sites for hydroxylation is 1. The van der Waals surface area contributed by atoms with E-state index < -0.39 is 0 Å². The average molecular weight is 354 g/mol. The maximum absolute atomic E-state index is 13.0. The zero-order valence-electron chi connectivity index (χ0n) is 15.2. The second-order valence-corrected chi connectivity index (χ2v) is 8.05. The van der Waals surface area contributed by atoms with Gasteiger partial charge in [-0.15, -0.1) is 11.8 Å². The maximum atomic E-state index is 13.0. The molecule has 0 N–H and O–H groups in total. The van der Waals surface area contributed by atoms with Crippen LogP contribution in [0.25, 0.3) is 21.9 Å². The lowest BCUT2D eigenvalue weighted by Gasteiger charge is -2.20. The number of hydrogen-bond acceptors (Lipinski definition) is 4. The molecule has 2 aromatic heterocycles. The molecule has 2 heterocycles. The normalized spacial score (nSPS) is 12.0. The van der Waals surface area contributed by atoms with E-state index in [1.54, 1.807) is 11.8 Å². The number of pyridine rings is 2. The average Bonchev–Trinajstić information content (AvgIpc) is 2.57. The van der Waals surface area contributed by atoms with Crippen LogP contribution in [0.5, 0.6) is 0 Å². The number of aromatic nitrogens is 2. The van der Waals surface area contributed by atoms with Crippen LogP contribution in [-0.2, 0) is 16.8 Å². The number of carbonyl (C=O) groups excluding carboxylic acids is 1. The van der Waals surface area contributed by atoms with Gasteiger partial charge in [0.15, 0.2) is 5.43 Å². The van der Waals surface area contributed by atoms with Gasteiger partial charge in [-0.3, -0.25) is 4.79 Å². The highest BCUT2D eigenvalue weighted by molar-refractivity contribution is 7.98. The minimum atomic E-state index is -0.139. The van der Waals surface area contributed by atoms with Crippen LogP contribution in [-0.4, -0.2) is 22.1 Å². The number of nitrogens with zero attached hydrogens (tertiary/aromatic N) is 2. The van der Waals surface area contributed by atoms with Crippen molar-refractivity contribution in [3.63, 3.8) is 0 Å². The van der Waals surface area contributed by atoms with Crippen molar-refractivity contribution >= 4 is 40.0 Å². The Morgan fingerprint density at radius 2 is 1.84 bits per heavy atom. The third-order valence-electron chi connectivity index (χ3n) is 4.45. The Bertz CT molecular complexity index is 1050. The van der Waals surface area contributed by atoms with Crippen molar-refractivity contribution in [2.75, 3.05) is 6.26 Å². The van der Waals surface area contributed by atoms with Crippen molar-refractivity contribution in [1.29, 1.82) is 0 Å². The third-order valence-corrected chi connectivity index (χ3v) is 5.37. The van der Waals surface area contributed by atoms with Crippen molar-refractivity contribution in [2.45, 2.75) is 44.6 Å². The van der Waals surface area contributed by atoms with E-state index in [9.17, 15) is 9.59 Å². The summed E-state index contributed by atoms with van der Waals surface area (Å²) in [7, 11) is 0. The molecule has 0 fully saturated rings. The Morgan fingerprint density at radius 3 is 2.44 bits per heavy atom. The fourth-order valence-electron chi connectivity index (χ4n) is 3.13. The Morgan fingerprint density at radius 1 is 1.16 bits per heavy atom. The number of benzene rings is 1. The SMILES string of the molecule is CSc1c(C)ccc2c(=O)c3ccc(C(C)(C)C)nc3n(CC=O)c12. The zero-order valence-corrected chi connectivity index (χ0v) is 16.0. The number of fused-ring (bicyclic) bond motifs is 2. The Kier molecular flexibility index (Phi) is 4.45. The molecule has 0 atom stereocenters. The van der Waals surface area contributed by atoms with Gasteiger partial charge in [0.1, 0.15) is 11.9 Å². The number of aldehydes is 1. The van der Waals surface area contributed by atoms with E-state index in [1.165, 1.54) is 0 Å². The van der Waals surface area contributed by atoms with Crippen molar-refractivity contribution in [2.24, 2.45) is 0 Å². The van der Waals surface area contributed by atoms with Crippen molar-refractivity contribution in [1.82, 2.24) is 9.55 Å². The molecular weight excluding hydrogens is 332 g/mol. The molecule has 0 aliphatic heterocycles. The first-order valence-corrected chi connectivity index (χ1v) is 9.47. The lowest BCUT2D eigenvalue weighted by Crippen LogP contribution is -2.18. The van der Waals surface area contributed by atoms with Crippen LogP contribution in [0, 0.1) is 6.92 Å². The fraction of sp³-hybridized carbons (Fsp3) is 0.350. The summed E-state index contributed by atoms with van der Waals surface area (Å²) in [6.07, 6.45) is 2.85. The second kappa shape index (κ2) is 6.30. The summed E-state index contributed by atoms with van der Waals surface area (Å²) >= 11 is 1.59. The van der Waals surface area contributed by atoms with Crippen LogP contribution in [0.1, 0.15) is 32.0 Å².